The van der Waals surface area contributed by atoms with Crippen molar-refractivity contribution in [3.8, 4) is 0 Å². The lowest BCUT2D eigenvalue weighted by Crippen LogP contribution is -2.32. The van der Waals surface area contributed by atoms with E-state index in [0.29, 0.717) is 12.3 Å². The zero-order valence-electron chi connectivity index (χ0n) is 31.5. The summed E-state index contributed by atoms with van der Waals surface area (Å²) in [6.07, 6.45) is 42.2. The Hall–Kier alpha value is -1.39. The van der Waals surface area contributed by atoms with Gasteiger partial charge >= 0.3 is 0 Å². The van der Waals surface area contributed by atoms with E-state index in [4.69, 9.17) is 5.73 Å². The van der Waals surface area contributed by atoms with Crippen molar-refractivity contribution < 1.29 is 9.59 Å². The lowest BCUT2D eigenvalue weighted by Gasteiger charge is -2.13. The molecule has 0 spiro atoms. The zero-order valence-corrected chi connectivity index (χ0v) is 31.5. The number of aliphatic imine (C=N–C) groups is 1. The monoisotopic (exact) mass is 648 g/mol. The minimum absolute atomic E-state index is 0.153. The Bertz CT molecular complexity index is 693. The van der Waals surface area contributed by atoms with Gasteiger partial charge in [-0.05, 0) is 19.3 Å². The third-order valence-electron chi connectivity index (χ3n) is 9.70. The van der Waals surface area contributed by atoms with E-state index >= 15 is 0 Å². The van der Waals surface area contributed by atoms with Gasteiger partial charge in [0.05, 0.1) is 6.54 Å². The van der Waals surface area contributed by atoms with E-state index in [1.807, 2.05) is 0 Å². The number of amides is 1. The van der Waals surface area contributed by atoms with Crippen LogP contribution < -0.4 is 11.1 Å². The van der Waals surface area contributed by atoms with E-state index in [9.17, 15) is 9.59 Å². The number of unbranched alkanes of at least 4 members (excludes halogenated alkanes) is 27. The third kappa shape index (κ3) is 31.2. The van der Waals surface area contributed by atoms with Crippen LogP contribution in [-0.2, 0) is 9.59 Å². The first-order valence-corrected chi connectivity index (χ1v) is 20.7. The highest BCUT2D eigenvalue weighted by molar-refractivity contribution is 6.39. The average molecular weight is 648 g/mol. The number of primary amides is 1. The SMILES string of the molecule is CCCCCCCCCCCCCCCCC(CC)C(=O)C1=NCCN1.CCCCCCCCCCCCCCCCCC(N)=O. The van der Waals surface area contributed by atoms with Crippen LogP contribution in [0.5, 0.6) is 0 Å². The molecule has 272 valence electrons. The first kappa shape index (κ1) is 44.6. The van der Waals surface area contributed by atoms with Crippen LogP contribution in [0.15, 0.2) is 4.99 Å². The molecule has 0 aromatic heterocycles. The van der Waals surface area contributed by atoms with Crippen LogP contribution in [0.4, 0.5) is 0 Å². The Morgan fingerprint density at radius 3 is 1.22 bits per heavy atom. The number of carbonyl (C=O) groups is 2. The van der Waals surface area contributed by atoms with Gasteiger partial charge in [0.1, 0.15) is 0 Å². The van der Waals surface area contributed by atoms with Crippen molar-refractivity contribution in [2.24, 2.45) is 16.6 Å². The molecule has 1 aliphatic rings. The molecule has 0 aromatic carbocycles. The van der Waals surface area contributed by atoms with Crippen LogP contribution in [0.3, 0.4) is 0 Å². The number of carbonyl (C=O) groups excluding carboxylic acids is 2. The second kappa shape index (κ2) is 36.4. The second-order valence-electron chi connectivity index (χ2n) is 14.2. The molecule has 0 saturated heterocycles. The largest absolute Gasteiger partial charge is 0.370 e. The third-order valence-corrected chi connectivity index (χ3v) is 9.70. The van der Waals surface area contributed by atoms with Gasteiger partial charge in [0, 0.05) is 18.9 Å². The summed E-state index contributed by atoms with van der Waals surface area (Å²) in [5, 5.41) is 3.12. The molecule has 0 aromatic rings. The number of ketones is 1. The van der Waals surface area contributed by atoms with Gasteiger partial charge in [-0.15, -0.1) is 0 Å². The fourth-order valence-electron chi connectivity index (χ4n) is 6.53. The van der Waals surface area contributed by atoms with Gasteiger partial charge in [-0.2, -0.15) is 0 Å². The number of rotatable bonds is 34. The summed E-state index contributed by atoms with van der Waals surface area (Å²) < 4.78 is 0. The molecule has 1 unspecified atom stereocenters. The van der Waals surface area contributed by atoms with Crippen molar-refractivity contribution in [1.82, 2.24) is 5.32 Å². The van der Waals surface area contributed by atoms with Crippen molar-refractivity contribution in [3.63, 3.8) is 0 Å². The highest BCUT2D eigenvalue weighted by Gasteiger charge is 2.23. The second-order valence-corrected chi connectivity index (χ2v) is 14.2. The zero-order chi connectivity index (χ0) is 33.8. The molecule has 0 radical (unpaired) electrons. The molecule has 1 rings (SSSR count). The fraction of sp³-hybridized carbons (Fsp3) is 0.927. The van der Waals surface area contributed by atoms with Crippen molar-refractivity contribution in [3.05, 3.63) is 0 Å². The molecule has 0 bridgehead atoms. The molecular formula is C41H81N3O2. The molecule has 1 heterocycles. The topological polar surface area (TPSA) is 84.6 Å². The minimum Gasteiger partial charge on any atom is -0.370 e. The number of nitrogens with one attached hydrogen (secondary N) is 1. The Kier molecular flexibility index (Phi) is 35.3. The maximum atomic E-state index is 12.3. The maximum Gasteiger partial charge on any atom is 0.217 e. The van der Waals surface area contributed by atoms with E-state index in [2.05, 4.69) is 31.1 Å². The van der Waals surface area contributed by atoms with Crippen LogP contribution in [0.25, 0.3) is 0 Å². The van der Waals surface area contributed by atoms with Crippen molar-refractivity contribution >= 4 is 17.5 Å². The summed E-state index contributed by atoms with van der Waals surface area (Å²) in [4.78, 5) is 27.2. The molecule has 1 amide bonds. The van der Waals surface area contributed by atoms with Crippen LogP contribution in [0.1, 0.15) is 226 Å². The summed E-state index contributed by atoms with van der Waals surface area (Å²) in [6.45, 7) is 8.28. The van der Waals surface area contributed by atoms with Gasteiger partial charge in [0.25, 0.3) is 0 Å². The smallest absolute Gasteiger partial charge is 0.217 e. The predicted molar refractivity (Wildman–Crippen MR) is 203 cm³/mol. The predicted octanol–water partition coefficient (Wildman–Crippen LogP) is 12.2. The molecular weight excluding hydrogens is 566 g/mol. The standard InChI is InChI=1S/C23H44N2O.C18H37NO/c1-3-5-6-7-8-9-10-11-12-13-14-15-16-17-18-21(4-2)22(26)23-24-19-20-25-23;1-2-3-4-5-6-7-8-9-10-11-12-13-14-15-16-17-18(19)20/h21H,3-20H2,1-2H3,(H,24,25);2-17H2,1H3,(H2,19,20). The lowest BCUT2D eigenvalue weighted by atomic mass is 9.93. The van der Waals surface area contributed by atoms with E-state index in [0.717, 1.165) is 32.4 Å². The first-order chi connectivity index (χ1) is 22.6. The molecule has 0 aliphatic carbocycles. The molecule has 46 heavy (non-hydrogen) atoms. The summed E-state index contributed by atoms with van der Waals surface area (Å²) in [5.41, 5.74) is 5.11. The van der Waals surface area contributed by atoms with Crippen LogP contribution in [0.2, 0.25) is 0 Å². The molecule has 0 fully saturated rings. The normalized spacial score (nSPS) is 13.2. The summed E-state index contributed by atoms with van der Waals surface area (Å²) in [7, 11) is 0. The molecule has 1 aliphatic heterocycles. The molecule has 5 heteroatoms. The van der Waals surface area contributed by atoms with Gasteiger partial charge < -0.3 is 11.1 Å². The van der Waals surface area contributed by atoms with Gasteiger partial charge in [0.15, 0.2) is 11.6 Å². The lowest BCUT2D eigenvalue weighted by molar-refractivity contribution is -0.118. The number of amidine groups is 1. The summed E-state index contributed by atoms with van der Waals surface area (Å²) in [6, 6.07) is 0. The highest BCUT2D eigenvalue weighted by atomic mass is 16.1. The number of hydrogen-bond acceptors (Lipinski definition) is 4. The Balaban J connectivity index is 0.000000914. The van der Waals surface area contributed by atoms with Crippen molar-refractivity contribution in [1.29, 1.82) is 0 Å². The van der Waals surface area contributed by atoms with Gasteiger partial charge in [-0.1, -0.05) is 201 Å². The molecule has 1 atom stereocenters. The average Bonchev–Trinajstić information content (AvgIpc) is 3.60. The quantitative estimate of drug-likeness (QED) is 0.0681. The van der Waals surface area contributed by atoms with Crippen molar-refractivity contribution in [2.75, 3.05) is 13.1 Å². The number of nitrogens with two attached hydrogens (primary N) is 1. The molecule has 5 nitrogen and oxygen atoms in total. The van der Waals surface area contributed by atoms with Crippen LogP contribution in [-0.4, -0.2) is 30.6 Å². The van der Waals surface area contributed by atoms with Crippen molar-refractivity contribution in [2.45, 2.75) is 226 Å². The van der Waals surface area contributed by atoms with E-state index < -0.39 is 0 Å². The Morgan fingerprint density at radius 2 is 0.913 bits per heavy atom. The van der Waals surface area contributed by atoms with E-state index in [-0.39, 0.29) is 17.6 Å². The highest BCUT2D eigenvalue weighted by Crippen LogP contribution is 2.18. The van der Waals surface area contributed by atoms with Crippen LogP contribution in [0, 0.1) is 5.92 Å². The van der Waals surface area contributed by atoms with Gasteiger partial charge in [0.2, 0.25) is 5.91 Å². The molecule has 3 N–H and O–H groups in total. The van der Waals surface area contributed by atoms with Crippen LogP contribution >= 0.6 is 0 Å². The summed E-state index contributed by atoms with van der Waals surface area (Å²) >= 11 is 0. The minimum atomic E-state index is -0.153. The van der Waals surface area contributed by atoms with E-state index in [1.165, 1.54) is 180 Å². The number of Topliss-reactive ketones (excluding diaryl/α,β-unsaturated/α-hetero) is 1. The van der Waals surface area contributed by atoms with Gasteiger partial charge in [-0.3, -0.25) is 14.6 Å². The number of hydrogen-bond donors (Lipinski definition) is 2. The number of nitrogens with zero attached hydrogens (tertiary/aromatic N) is 1. The Morgan fingerprint density at radius 1 is 0.565 bits per heavy atom. The van der Waals surface area contributed by atoms with E-state index in [1.54, 1.807) is 0 Å². The Labute approximate surface area is 287 Å². The first-order valence-electron chi connectivity index (χ1n) is 20.7. The maximum absolute atomic E-state index is 12.3. The fourth-order valence-corrected chi connectivity index (χ4v) is 6.53. The van der Waals surface area contributed by atoms with Gasteiger partial charge in [-0.25, -0.2) is 0 Å². The molecule has 0 saturated carbocycles. The summed E-state index contributed by atoms with van der Waals surface area (Å²) in [5.74, 6) is 0.915.